The zero-order chi connectivity index (χ0) is 52.9. The van der Waals surface area contributed by atoms with Gasteiger partial charge in [-0.05, 0) is 83.5 Å². The highest BCUT2D eigenvalue weighted by Crippen LogP contribution is 2.23. The Balaban J connectivity index is 2.23. The van der Waals surface area contributed by atoms with Gasteiger partial charge in [0.05, 0.1) is 25.4 Å². The summed E-state index contributed by atoms with van der Waals surface area (Å²) in [6.07, 6.45) is 69.6. The van der Waals surface area contributed by atoms with Crippen LogP contribution in [-0.4, -0.2) is 87.5 Å². The summed E-state index contributed by atoms with van der Waals surface area (Å²) in [6.45, 7) is 3.71. The molecule has 0 aliphatic carbocycles. The largest absolute Gasteiger partial charge is 0.394 e. The van der Waals surface area contributed by atoms with E-state index in [4.69, 9.17) is 9.47 Å². The van der Waals surface area contributed by atoms with E-state index in [1.54, 1.807) is 0 Å². The van der Waals surface area contributed by atoms with Crippen molar-refractivity contribution in [3.05, 3.63) is 109 Å². The molecule has 1 aliphatic heterocycles. The fourth-order valence-corrected chi connectivity index (χ4v) is 8.74. The van der Waals surface area contributed by atoms with E-state index in [0.717, 1.165) is 116 Å². The monoisotopic (exact) mass is 1020 g/mol. The van der Waals surface area contributed by atoms with Gasteiger partial charge in [-0.25, -0.2) is 0 Å². The zero-order valence-corrected chi connectivity index (χ0v) is 46.4. The van der Waals surface area contributed by atoms with Crippen LogP contribution < -0.4 is 5.32 Å². The van der Waals surface area contributed by atoms with Gasteiger partial charge >= 0.3 is 0 Å². The van der Waals surface area contributed by atoms with Crippen LogP contribution in [0.5, 0.6) is 0 Å². The molecule has 7 atom stereocenters. The minimum absolute atomic E-state index is 0.152. The Morgan fingerprint density at radius 1 is 0.479 bits per heavy atom. The summed E-state index contributed by atoms with van der Waals surface area (Å²) in [5.74, 6) is -0.166. The third-order valence-corrected chi connectivity index (χ3v) is 13.4. The summed E-state index contributed by atoms with van der Waals surface area (Å²) in [5.41, 5.74) is 0. The molecule has 418 valence electrons. The molecular formula is C64H109NO8. The van der Waals surface area contributed by atoms with E-state index < -0.39 is 49.5 Å². The predicted octanol–water partition coefficient (Wildman–Crippen LogP) is 15.0. The van der Waals surface area contributed by atoms with Crippen LogP contribution in [0, 0.1) is 0 Å². The first-order valence-corrected chi connectivity index (χ1v) is 29.6. The van der Waals surface area contributed by atoms with Crippen LogP contribution in [0.1, 0.15) is 232 Å². The maximum absolute atomic E-state index is 13.1. The fourth-order valence-electron chi connectivity index (χ4n) is 8.74. The number of nitrogens with one attached hydrogen (secondary N) is 1. The number of allylic oxidation sites excluding steroid dienone is 18. The number of carbonyl (C=O) groups excluding carboxylic acids is 1. The van der Waals surface area contributed by atoms with Crippen molar-refractivity contribution in [1.82, 2.24) is 5.32 Å². The highest BCUT2D eigenvalue weighted by Gasteiger charge is 2.44. The van der Waals surface area contributed by atoms with Crippen LogP contribution in [0.25, 0.3) is 0 Å². The molecular weight excluding hydrogens is 911 g/mol. The molecule has 1 fully saturated rings. The predicted molar refractivity (Wildman–Crippen MR) is 308 cm³/mol. The van der Waals surface area contributed by atoms with Crippen molar-refractivity contribution in [1.29, 1.82) is 0 Å². The SMILES string of the molecule is CC/C=C\C/C=C\C/C=C\C/C=C\C/C=C\C/C=C\C/C=C\C/C=C\C/C=C\CCCCCCCC(=O)NC(COC1OC(CO)C(O)C(O)C1O)C(O)CCCCCCCCCCCCCCCCCCC. The molecule has 0 saturated carbocycles. The molecule has 1 amide bonds. The molecule has 1 aliphatic rings. The molecule has 73 heavy (non-hydrogen) atoms. The van der Waals surface area contributed by atoms with Crippen molar-refractivity contribution in [3.8, 4) is 0 Å². The van der Waals surface area contributed by atoms with Gasteiger partial charge in [-0.2, -0.15) is 0 Å². The number of aliphatic hydroxyl groups excluding tert-OH is 5. The summed E-state index contributed by atoms with van der Waals surface area (Å²) >= 11 is 0. The van der Waals surface area contributed by atoms with Crippen LogP contribution in [0.4, 0.5) is 0 Å². The highest BCUT2D eigenvalue weighted by molar-refractivity contribution is 5.76. The third-order valence-electron chi connectivity index (χ3n) is 13.4. The number of carbonyl (C=O) groups is 1. The molecule has 1 rings (SSSR count). The number of aliphatic hydroxyl groups is 5. The van der Waals surface area contributed by atoms with Gasteiger partial charge in [0.1, 0.15) is 24.4 Å². The van der Waals surface area contributed by atoms with E-state index in [1.807, 2.05) is 0 Å². The number of hydrogen-bond acceptors (Lipinski definition) is 8. The molecule has 6 N–H and O–H groups in total. The van der Waals surface area contributed by atoms with Crippen LogP contribution in [-0.2, 0) is 14.3 Å². The Bertz CT molecular complexity index is 1510. The molecule has 1 saturated heterocycles. The van der Waals surface area contributed by atoms with E-state index in [9.17, 15) is 30.3 Å². The molecule has 0 aromatic rings. The second-order valence-corrected chi connectivity index (χ2v) is 20.1. The summed E-state index contributed by atoms with van der Waals surface area (Å²) in [4.78, 5) is 13.1. The minimum Gasteiger partial charge on any atom is -0.394 e. The summed E-state index contributed by atoms with van der Waals surface area (Å²) in [5, 5.41) is 54.7. The lowest BCUT2D eigenvalue weighted by Gasteiger charge is -2.40. The Kier molecular flexibility index (Phi) is 48.6. The first kappa shape index (κ1) is 67.9. The van der Waals surface area contributed by atoms with Gasteiger partial charge in [-0.1, -0.05) is 252 Å². The van der Waals surface area contributed by atoms with Crippen molar-refractivity contribution in [2.75, 3.05) is 13.2 Å². The van der Waals surface area contributed by atoms with E-state index in [-0.39, 0.29) is 12.5 Å². The Morgan fingerprint density at radius 3 is 1.26 bits per heavy atom. The zero-order valence-electron chi connectivity index (χ0n) is 46.4. The second-order valence-electron chi connectivity index (χ2n) is 20.1. The van der Waals surface area contributed by atoms with Crippen LogP contribution in [0.3, 0.4) is 0 Å². The smallest absolute Gasteiger partial charge is 0.220 e. The fraction of sp³-hybridized carbons (Fsp3) is 0.703. The molecule has 0 bridgehead atoms. The first-order chi connectivity index (χ1) is 35.8. The van der Waals surface area contributed by atoms with Gasteiger partial charge in [-0.15, -0.1) is 0 Å². The summed E-state index contributed by atoms with van der Waals surface area (Å²) < 4.78 is 11.3. The van der Waals surface area contributed by atoms with E-state index in [0.29, 0.717) is 12.8 Å². The van der Waals surface area contributed by atoms with Crippen molar-refractivity contribution in [2.24, 2.45) is 0 Å². The standard InChI is InChI=1S/C64H109NO8/c1-3-5-7-9-11-13-15-17-19-21-22-23-24-25-26-27-28-29-30-31-32-33-34-35-36-38-40-42-44-46-48-50-52-54-60(68)65-57(56-72-64-63(71)62(70)61(69)59(55-66)73-64)58(67)53-51-49-47-45-43-41-39-37-20-18-16-14-12-10-8-6-4-2/h5,7,11,13,17,19,22-23,25-26,28-29,31-32,34-35,38,40,57-59,61-64,66-67,69-71H,3-4,6,8-10,12,14-16,18,20-21,24,27,30,33,36-37,39,41-56H2,1-2H3,(H,65,68)/b7-5-,13-11-,19-17-,23-22-,26-25-,29-28-,32-31-,35-34-,40-38-. The molecule has 0 aromatic carbocycles. The average Bonchev–Trinajstić information content (AvgIpc) is 3.39. The Morgan fingerprint density at radius 2 is 0.849 bits per heavy atom. The lowest BCUT2D eigenvalue weighted by molar-refractivity contribution is -0.302. The van der Waals surface area contributed by atoms with Crippen molar-refractivity contribution < 1.29 is 39.8 Å². The molecule has 0 aromatic heterocycles. The summed E-state index contributed by atoms with van der Waals surface area (Å²) in [6, 6.07) is -0.738. The second kappa shape index (κ2) is 52.3. The van der Waals surface area contributed by atoms with Gasteiger partial charge in [0, 0.05) is 6.42 Å². The van der Waals surface area contributed by atoms with E-state index >= 15 is 0 Å². The molecule has 9 nitrogen and oxygen atoms in total. The highest BCUT2D eigenvalue weighted by atomic mass is 16.7. The van der Waals surface area contributed by atoms with Crippen molar-refractivity contribution in [3.63, 3.8) is 0 Å². The van der Waals surface area contributed by atoms with Gasteiger partial charge < -0.3 is 40.3 Å². The van der Waals surface area contributed by atoms with Crippen LogP contribution in [0.15, 0.2) is 109 Å². The molecule has 1 heterocycles. The summed E-state index contributed by atoms with van der Waals surface area (Å²) in [7, 11) is 0. The quantitative estimate of drug-likeness (QED) is 0.0261. The third kappa shape index (κ3) is 41.7. The van der Waals surface area contributed by atoms with Gasteiger partial charge in [-0.3, -0.25) is 4.79 Å². The van der Waals surface area contributed by atoms with Crippen LogP contribution >= 0.6 is 0 Å². The number of rotatable bonds is 49. The normalized spacial score (nSPS) is 19.9. The average molecular weight is 1020 g/mol. The minimum atomic E-state index is -1.56. The van der Waals surface area contributed by atoms with Gasteiger partial charge in [0.2, 0.25) is 5.91 Å². The Labute approximate surface area is 446 Å². The molecule has 7 unspecified atom stereocenters. The van der Waals surface area contributed by atoms with Crippen LogP contribution in [0.2, 0.25) is 0 Å². The Hall–Kier alpha value is -3.15. The molecule has 9 heteroatoms. The molecule has 0 radical (unpaired) electrons. The lowest BCUT2D eigenvalue weighted by atomic mass is 9.99. The first-order valence-electron chi connectivity index (χ1n) is 29.6. The van der Waals surface area contributed by atoms with Crippen molar-refractivity contribution in [2.45, 2.75) is 275 Å². The molecule has 0 spiro atoms. The topological polar surface area (TPSA) is 149 Å². The number of hydrogen-bond donors (Lipinski definition) is 6. The number of unbranched alkanes of at least 4 members (excludes halogenated alkanes) is 21. The maximum atomic E-state index is 13.1. The van der Waals surface area contributed by atoms with E-state index in [1.165, 1.54) is 89.9 Å². The van der Waals surface area contributed by atoms with E-state index in [2.05, 4.69) is 129 Å². The van der Waals surface area contributed by atoms with Gasteiger partial charge in [0.15, 0.2) is 6.29 Å². The lowest BCUT2D eigenvalue weighted by Crippen LogP contribution is -2.60. The number of amides is 1. The number of ether oxygens (including phenoxy) is 2. The maximum Gasteiger partial charge on any atom is 0.220 e. The van der Waals surface area contributed by atoms with Crippen molar-refractivity contribution >= 4 is 5.91 Å². The van der Waals surface area contributed by atoms with Gasteiger partial charge in [0.25, 0.3) is 0 Å².